The Morgan fingerprint density at radius 2 is 1.91 bits per heavy atom. The number of morpholine rings is 1. The number of nitrogens with zero attached hydrogens (tertiary/aromatic N) is 1. The number of carbonyl (C=O) groups excluding carboxylic acids is 2. The van der Waals surface area contributed by atoms with Crippen LogP contribution >= 0.6 is 0 Å². The lowest BCUT2D eigenvalue weighted by Crippen LogP contribution is -2.38. The fourth-order valence-corrected chi connectivity index (χ4v) is 3.87. The van der Waals surface area contributed by atoms with E-state index in [4.69, 9.17) is 9.47 Å². The Morgan fingerprint density at radius 1 is 1.12 bits per heavy atom. The number of Topliss-reactive ketones (excluding diaryl/α,β-unsaturated/α-hetero) is 1. The number of aryl methyl sites for hydroxylation is 2. The summed E-state index contributed by atoms with van der Waals surface area (Å²) in [6.45, 7) is 10.9. The average molecular weight is 439 g/mol. The monoisotopic (exact) mass is 438 g/mol. The van der Waals surface area contributed by atoms with E-state index in [1.54, 1.807) is 6.92 Å². The van der Waals surface area contributed by atoms with Gasteiger partial charge in [-0.1, -0.05) is 37.6 Å². The third kappa shape index (κ3) is 6.65. The second kappa shape index (κ2) is 11.8. The molecule has 0 spiro atoms. The smallest absolute Gasteiger partial charge is 0.251 e. The maximum absolute atomic E-state index is 12.7. The second-order valence-electron chi connectivity index (χ2n) is 8.26. The molecule has 0 saturated carbocycles. The summed E-state index contributed by atoms with van der Waals surface area (Å²) < 4.78 is 11.4. The highest BCUT2D eigenvalue weighted by molar-refractivity contribution is 5.96. The summed E-state index contributed by atoms with van der Waals surface area (Å²) in [5, 5.41) is 2.99. The van der Waals surface area contributed by atoms with Crippen molar-refractivity contribution >= 4 is 11.7 Å². The number of ketones is 1. The molecule has 0 unspecified atom stereocenters. The van der Waals surface area contributed by atoms with Crippen molar-refractivity contribution in [1.29, 1.82) is 0 Å². The van der Waals surface area contributed by atoms with Gasteiger partial charge >= 0.3 is 0 Å². The van der Waals surface area contributed by atoms with E-state index in [2.05, 4.69) is 17.1 Å². The zero-order chi connectivity index (χ0) is 22.9. The number of rotatable bonds is 10. The molecule has 1 amide bonds. The summed E-state index contributed by atoms with van der Waals surface area (Å²) in [7, 11) is 0. The molecule has 0 atom stereocenters. The fourth-order valence-electron chi connectivity index (χ4n) is 3.87. The minimum atomic E-state index is -0.143. The predicted molar refractivity (Wildman–Crippen MR) is 126 cm³/mol. The van der Waals surface area contributed by atoms with Crippen molar-refractivity contribution < 1.29 is 19.1 Å². The molecule has 1 aliphatic heterocycles. The highest BCUT2D eigenvalue weighted by atomic mass is 16.5. The van der Waals surface area contributed by atoms with Crippen molar-refractivity contribution in [3.05, 3.63) is 64.2 Å². The quantitative estimate of drug-likeness (QED) is 0.572. The molecule has 1 saturated heterocycles. The van der Waals surface area contributed by atoms with Gasteiger partial charge in [-0.3, -0.25) is 14.5 Å². The Balaban J connectivity index is 1.58. The molecular formula is C26H34N2O4. The van der Waals surface area contributed by atoms with Gasteiger partial charge in [0.2, 0.25) is 0 Å². The van der Waals surface area contributed by atoms with Crippen molar-refractivity contribution in [2.45, 2.75) is 40.2 Å². The summed E-state index contributed by atoms with van der Waals surface area (Å²) in [6, 6.07) is 11.3. The average Bonchev–Trinajstić information content (AvgIpc) is 2.79. The van der Waals surface area contributed by atoms with Crippen LogP contribution in [0.4, 0.5) is 0 Å². The van der Waals surface area contributed by atoms with Gasteiger partial charge in [0.25, 0.3) is 5.91 Å². The highest BCUT2D eigenvalue weighted by Crippen LogP contribution is 2.20. The molecule has 172 valence electrons. The zero-order valence-corrected chi connectivity index (χ0v) is 19.4. The van der Waals surface area contributed by atoms with Crippen LogP contribution in [0.25, 0.3) is 0 Å². The van der Waals surface area contributed by atoms with Crippen molar-refractivity contribution in [2.75, 3.05) is 39.5 Å². The molecule has 0 bridgehead atoms. The predicted octanol–water partition coefficient (Wildman–Crippen LogP) is 3.79. The van der Waals surface area contributed by atoms with Crippen LogP contribution in [0, 0.1) is 6.92 Å². The molecule has 2 aromatic rings. The molecule has 1 N–H and O–H groups in total. The van der Waals surface area contributed by atoms with Gasteiger partial charge in [0.15, 0.2) is 5.78 Å². The largest absolute Gasteiger partial charge is 0.492 e. The lowest BCUT2D eigenvalue weighted by atomic mass is 9.98. The maximum atomic E-state index is 12.7. The number of carbonyl (C=O) groups is 2. The van der Waals surface area contributed by atoms with Crippen LogP contribution in [-0.2, 0) is 17.7 Å². The topological polar surface area (TPSA) is 67.9 Å². The van der Waals surface area contributed by atoms with Gasteiger partial charge in [-0.15, -0.1) is 0 Å². The van der Waals surface area contributed by atoms with Crippen molar-refractivity contribution in [2.24, 2.45) is 0 Å². The van der Waals surface area contributed by atoms with Crippen LogP contribution in [0.3, 0.4) is 0 Å². The summed E-state index contributed by atoms with van der Waals surface area (Å²) in [5.74, 6) is 0.669. The minimum absolute atomic E-state index is 0.0739. The molecular weight excluding hydrogens is 404 g/mol. The number of amides is 1. The SMILES string of the molecule is CCCc1cc(CNC(=O)c2ccc(C)c(OCCN3CCOCC3)c2)ccc1C(C)=O. The molecule has 0 radical (unpaired) electrons. The molecule has 0 aliphatic carbocycles. The maximum Gasteiger partial charge on any atom is 0.251 e. The van der Waals surface area contributed by atoms with E-state index in [0.717, 1.165) is 73.7 Å². The van der Waals surface area contributed by atoms with Crippen LogP contribution < -0.4 is 10.1 Å². The van der Waals surface area contributed by atoms with E-state index < -0.39 is 0 Å². The first kappa shape index (κ1) is 24.0. The van der Waals surface area contributed by atoms with Gasteiger partial charge in [0.05, 0.1) is 13.2 Å². The van der Waals surface area contributed by atoms with Crippen molar-refractivity contribution in [1.82, 2.24) is 10.2 Å². The molecule has 1 aliphatic rings. The summed E-state index contributed by atoms with van der Waals surface area (Å²) in [4.78, 5) is 26.9. The Labute approximate surface area is 190 Å². The van der Waals surface area contributed by atoms with E-state index in [1.807, 2.05) is 43.3 Å². The third-order valence-electron chi connectivity index (χ3n) is 5.74. The van der Waals surface area contributed by atoms with Crippen LogP contribution in [0.2, 0.25) is 0 Å². The molecule has 32 heavy (non-hydrogen) atoms. The summed E-state index contributed by atoms with van der Waals surface area (Å²) >= 11 is 0. The standard InChI is InChI=1S/C26H34N2O4/c1-4-5-22-16-21(7-9-24(22)20(3)29)18-27-26(30)23-8-6-19(2)25(17-23)32-15-12-28-10-13-31-14-11-28/h6-9,16-17H,4-5,10-15,18H2,1-3H3,(H,27,30). The van der Waals surface area contributed by atoms with Crippen molar-refractivity contribution in [3.8, 4) is 5.75 Å². The first-order chi connectivity index (χ1) is 15.5. The lowest BCUT2D eigenvalue weighted by molar-refractivity contribution is 0.0322. The number of benzene rings is 2. The lowest BCUT2D eigenvalue weighted by Gasteiger charge is -2.26. The Morgan fingerprint density at radius 3 is 2.62 bits per heavy atom. The number of ether oxygens (including phenoxy) is 2. The molecule has 1 heterocycles. The molecule has 0 aromatic heterocycles. The summed E-state index contributed by atoms with van der Waals surface area (Å²) in [6.07, 6.45) is 1.81. The number of nitrogens with one attached hydrogen (secondary N) is 1. The molecule has 6 heteroatoms. The second-order valence-corrected chi connectivity index (χ2v) is 8.26. The van der Waals surface area contributed by atoms with Gasteiger partial charge in [0.1, 0.15) is 12.4 Å². The highest BCUT2D eigenvalue weighted by Gasteiger charge is 2.13. The molecule has 2 aromatic carbocycles. The third-order valence-corrected chi connectivity index (χ3v) is 5.74. The fraction of sp³-hybridized carbons (Fsp3) is 0.462. The van der Waals surface area contributed by atoms with Gasteiger partial charge in [-0.05, 0) is 49.1 Å². The van der Waals surface area contributed by atoms with E-state index in [0.29, 0.717) is 18.7 Å². The van der Waals surface area contributed by atoms with Gasteiger partial charge < -0.3 is 14.8 Å². The van der Waals surface area contributed by atoms with Crippen LogP contribution in [-0.4, -0.2) is 56.0 Å². The zero-order valence-electron chi connectivity index (χ0n) is 19.4. The summed E-state index contributed by atoms with van der Waals surface area (Å²) in [5.41, 5.74) is 4.37. The van der Waals surface area contributed by atoms with Crippen molar-refractivity contribution in [3.63, 3.8) is 0 Å². The van der Waals surface area contributed by atoms with E-state index in [9.17, 15) is 9.59 Å². The van der Waals surface area contributed by atoms with Crippen LogP contribution in [0.15, 0.2) is 36.4 Å². The normalized spacial score (nSPS) is 14.2. The van der Waals surface area contributed by atoms with Gasteiger partial charge in [-0.25, -0.2) is 0 Å². The van der Waals surface area contributed by atoms with E-state index in [-0.39, 0.29) is 11.7 Å². The molecule has 6 nitrogen and oxygen atoms in total. The van der Waals surface area contributed by atoms with Crippen LogP contribution in [0.1, 0.15) is 57.7 Å². The Hall–Kier alpha value is -2.70. The molecule has 1 fully saturated rings. The van der Waals surface area contributed by atoms with E-state index in [1.165, 1.54) is 0 Å². The first-order valence-electron chi connectivity index (χ1n) is 11.4. The van der Waals surface area contributed by atoms with Gasteiger partial charge in [0, 0.05) is 37.3 Å². The first-order valence-corrected chi connectivity index (χ1v) is 11.4. The van der Waals surface area contributed by atoms with E-state index >= 15 is 0 Å². The Bertz CT molecular complexity index is 935. The minimum Gasteiger partial charge on any atom is -0.492 e. The number of hydrogen-bond acceptors (Lipinski definition) is 5. The van der Waals surface area contributed by atoms with Crippen LogP contribution in [0.5, 0.6) is 5.75 Å². The number of hydrogen-bond donors (Lipinski definition) is 1. The molecule has 3 rings (SSSR count). The Kier molecular flexibility index (Phi) is 8.82. The van der Waals surface area contributed by atoms with Gasteiger partial charge in [-0.2, -0.15) is 0 Å².